The molecule has 3 rings (SSSR count). The number of hydrogen-bond acceptors (Lipinski definition) is 4. The smallest absolute Gasteiger partial charge is 0.139 e. The van der Waals surface area contributed by atoms with Crippen molar-refractivity contribution in [3.8, 4) is 17.0 Å². The van der Waals surface area contributed by atoms with Crippen molar-refractivity contribution in [1.82, 2.24) is 9.97 Å². The molecule has 4 nitrogen and oxygen atoms in total. The second kappa shape index (κ2) is 5.23. The molecular weight excluding hydrogens is 250 g/mol. The predicted molar refractivity (Wildman–Crippen MR) is 73.2 cm³/mol. The lowest BCUT2D eigenvalue weighted by Crippen LogP contribution is -2.37. The highest BCUT2D eigenvalue weighted by molar-refractivity contribution is 5.85. The zero-order chi connectivity index (χ0) is 11.7. The maximum Gasteiger partial charge on any atom is 0.139 e. The van der Waals surface area contributed by atoms with Gasteiger partial charge in [0.2, 0.25) is 0 Å². The van der Waals surface area contributed by atoms with Gasteiger partial charge < -0.3 is 10.0 Å². The van der Waals surface area contributed by atoms with Gasteiger partial charge in [-0.1, -0.05) is 12.1 Å². The first-order valence-corrected chi connectivity index (χ1v) is 5.69. The van der Waals surface area contributed by atoms with Crippen LogP contribution in [0.5, 0.6) is 5.75 Å². The van der Waals surface area contributed by atoms with Gasteiger partial charge in [-0.3, -0.25) is 9.97 Å². The van der Waals surface area contributed by atoms with E-state index < -0.39 is 0 Å². The first-order valence-electron chi connectivity index (χ1n) is 5.69. The number of aromatic nitrogens is 2. The minimum absolute atomic E-state index is 0. The van der Waals surface area contributed by atoms with Crippen molar-refractivity contribution in [3.63, 3.8) is 0 Å². The predicted octanol–water partition coefficient (Wildman–Crippen LogP) is 2.48. The number of benzene rings is 1. The minimum Gasteiger partial charge on any atom is -0.506 e. The highest BCUT2D eigenvalue weighted by atomic mass is 35.5. The van der Waals surface area contributed by atoms with Crippen LogP contribution >= 0.6 is 12.4 Å². The third-order valence-corrected chi connectivity index (χ3v) is 3.03. The Labute approximate surface area is 112 Å². The molecule has 0 saturated carbocycles. The van der Waals surface area contributed by atoms with E-state index >= 15 is 0 Å². The highest BCUT2D eigenvalue weighted by Gasteiger charge is 2.22. The summed E-state index contributed by atoms with van der Waals surface area (Å²) < 4.78 is 0. The van der Waals surface area contributed by atoms with E-state index in [0.29, 0.717) is 5.75 Å². The van der Waals surface area contributed by atoms with Gasteiger partial charge in [0.1, 0.15) is 5.75 Å². The number of nitrogens with zero attached hydrogens (tertiary/aromatic N) is 3. The molecule has 0 radical (unpaired) electrons. The van der Waals surface area contributed by atoms with Gasteiger partial charge in [0.25, 0.3) is 0 Å². The molecule has 0 unspecified atom stereocenters. The van der Waals surface area contributed by atoms with Crippen LogP contribution in [-0.2, 0) is 0 Å². The SMILES string of the molecule is Cl.Oc1cccc(-c2cnccn2)c1N1CCC1. The average Bonchev–Trinajstić information content (AvgIpc) is 2.31. The fourth-order valence-electron chi connectivity index (χ4n) is 2.05. The average molecular weight is 264 g/mol. The molecule has 2 heterocycles. The molecule has 18 heavy (non-hydrogen) atoms. The number of aromatic hydroxyl groups is 1. The summed E-state index contributed by atoms with van der Waals surface area (Å²) in [6.07, 6.45) is 6.21. The molecule has 5 heteroatoms. The second-order valence-electron chi connectivity index (χ2n) is 4.10. The summed E-state index contributed by atoms with van der Waals surface area (Å²) >= 11 is 0. The number of phenols is 1. The molecular formula is C13H14ClN3O. The Bertz CT molecular complexity index is 529. The Morgan fingerprint density at radius 1 is 1.17 bits per heavy atom. The fourth-order valence-corrected chi connectivity index (χ4v) is 2.05. The molecule has 94 valence electrons. The van der Waals surface area contributed by atoms with Gasteiger partial charge in [-0.15, -0.1) is 12.4 Å². The molecule has 2 aromatic rings. The van der Waals surface area contributed by atoms with Crippen LogP contribution in [0.3, 0.4) is 0 Å². The van der Waals surface area contributed by atoms with E-state index in [2.05, 4.69) is 14.9 Å². The number of halogens is 1. The van der Waals surface area contributed by atoms with Gasteiger partial charge in [0.15, 0.2) is 0 Å². The van der Waals surface area contributed by atoms with Crippen LogP contribution in [0, 0.1) is 0 Å². The molecule has 1 aliphatic heterocycles. The van der Waals surface area contributed by atoms with Crippen molar-refractivity contribution in [2.75, 3.05) is 18.0 Å². The van der Waals surface area contributed by atoms with Crippen LogP contribution in [0.25, 0.3) is 11.3 Å². The maximum atomic E-state index is 10.00. The first-order chi connectivity index (χ1) is 8.36. The summed E-state index contributed by atoms with van der Waals surface area (Å²) in [4.78, 5) is 10.5. The van der Waals surface area contributed by atoms with Crippen molar-refractivity contribution < 1.29 is 5.11 Å². The van der Waals surface area contributed by atoms with E-state index in [9.17, 15) is 5.11 Å². The monoisotopic (exact) mass is 263 g/mol. The van der Waals surface area contributed by atoms with Crippen LogP contribution in [0.1, 0.15) is 6.42 Å². The molecule has 0 atom stereocenters. The van der Waals surface area contributed by atoms with Gasteiger partial charge >= 0.3 is 0 Å². The fraction of sp³-hybridized carbons (Fsp3) is 0.231. The molecule has 0 spiro atoms. The van der Waals surface area contributed by atoms with Crippen molar-refractivity contribution >= 4 is 18.1 Å². The van der Waals surface area contributed by atoms with Crippen LogP contribution in [-0.4, -0.2) is 28.2 Å². The Morgan fingerprint density at radius 3 is 2.61 bits per heavy atom. The molecule has 0 aliphatic carbocycles. The van der Waals surface area contributed by atoms with Crippen LogP contribution in [0.15, 0.2) is 36.8 Å². The van der Waals surface area contributed by atoms with Crippen LogP contribution < -0.4 is 4.90 Å². The number of rotatable bonds is 2. The zero-order valence-corrected chi connectivity index (χ0v) is 10.6. The molecule has 1 aromatic heterocycles. The molecule has 1 aliphatic rings. The topological polar surface area (TPSA) is 49.3 Å². The highest BCUT2D eigenvalue weighted by Crippen LogP contribution is 2.38. The van der Waals surface area contributed by atoms with Gasteiger partial charge in [0.05, 0.1) is 17.6 Å². The zero-order valence-electron chi connectivity index (χ0n) is 9.78. The van der Waals surface area contributed by atoms with Crippen molar-refractivity contribution in [3.05, 3.63) is 36.8 Å². The molecule has 1 aromatic carbocycles. The lowest BCUT2D eigenvalue weighted by Gasteiger charge is -2.35. The third-order valence-electron chi connectivity index (χ3n) is 3.03. The third kappa shape index (κ3) is 2.11. The van der Waals surface area contributed by atoms with Gasteiger partial charge in [-0.05, 0) is 12.5 Å². The normalized spacial score (nSPS) is 13.7. The second-order valence-corrected chi connectivity index (χ2v) is 4.10. The Balaban J connectivity index is 0.00000120. The number of hydrogen-bond donors (Lipinski definition) is 1. The molecule has 1 saturated heterocycles. The van der Waals surface area contributed by atoms with Crippen molar-refractivity contribution in [2.45, 2.75) is 6.42 Å². The van der Waals surface area contributed by atoms with Crippen LogP contribution in [0.2, 0.25) is 0 Å². The summed E-state index contributed by atoms with van der Waals surface area (Å²) in [7, 11) is 0. The Morgan fingerprint density at radius 2 is 2.00 bits per heavy atom. The van der Waals surface area contributed by atoms with E-state index in [4.69, 9.17) is 0 Å². The van der Waals surface area contributed by atoms with E-state index in [1.165, 1.54) is 6.42 Å². The summed E-state index contributed by atoms with van der Waals surface area (Å²) in [6, 6.07) is 5.52. The standard InChI is InChI=1S/C13H13N3O.ClH/c17-12-4-1-3-10(11-9-14-5-6-15-11)13(12)16-7-2-8-16;/h1,3-6,9,17H,2,7-8H2;1H. The van der Waals surface area contributed by atoms with Crippen molar-refractivity contribution in [2.24, 2.45) is 0 Å². The summed E-state index contributed by atoms with van der Waals surface area (Å²) in [5.74, 6) is 0.313. The van der Waals surface area contributed by atoms with E-state index in [0.717, 1.165) is 30.0 Å². The lowest BCUT2D eigenvalue weighted by atomic mass is 10.0. The minimum atomic E-state index is 0. The number of anilines is 1. The molecule has 0 bridgehead atoms. The quantitative estimate of drug-likeness (QED) is 0.904. The molecule has 1 fully saturated rings. The summed E-state index contributed by atoms with van der Waals surface area (Å²) in [6.45, 7) is 1.98. The largest absolute Gasteiger partial charge is 0.506 e. The Kier molecular flexibility index (Phi) is 3.67. The Hall–Kier alpha value is -1.81. The first kappa shape index (κ1) is 12.6. The van der Waals surface area contributed by atoms with E-state index in [-0.39, 0.29) is 12.4 Å². The van der Waals surface area contributed by atoms with Gasteiger partial charge in [0, 0.05) is 31.0 Å². The molecule has 0 amide bonds. The van der Waals surface area contributed by atoms with Gasteiger partial charge in [-0.2, -0.15) is 0 Å². The van der Waals surface area contributed by atoms with E-state index in [1.54, 1.807) is 24.7 Å². The van der Waals surface area contributed by atoms with E-state index in [1.807, 2.05) is 12.1 Å². The van der Waals surface area contributed by atoms with Crippen LogP contribution in [0.4, 0.5) is 5.69 Å². The van der Waals surface area contributed by atoms with Gasteiger partial charge in [-0.25, -0.2) is 0 Å². The number of phenolic OH excluding ortho intramolecular Hbond substituents is 1. The van der Waals surface area contributed by atoms with Crippen molar-refractivity contribution in [1.29, 1.82) is 0 Å². The number of para-hydroxylation sites is 1. The summed E-state index contributed by atoms with van der Waals surface area (Å²) in [5, 5.41) is 10.00. The summed E-state index contributed by atoms with van der Waals surface area (Å²) in [5.41, 5.74) is 2.61. The lowest BCUT2D eigenvalue weighted by molar-refractivity contribution is 0.469. The molecule has 1 N–H and O–H groups in total. The maximum absolute atomic E-state index is 10.00.